The number of hydrogen-bond donors (Lipinski definition) is 0. The van der Waals surface area contributed by atoms with Crippen LogP contribution >= 0.6 is 34.0 Å². The Kier molecular flexibility index (Phi) is 17.9. The molecule has 0 bridgehead atoms. The van der Waals surface area contributed by atoms with Gasteiger partial charge in [0.05, 0.1) is 37.6 Å². The quantitative estimate of drug-likeness (QED) is 0.130. The van der Waals surface area contributed by atoms with E-state index in [0.717, 1.165) is 178 Å². The predicted octanol–water partition coefficient (Wildman–Crippen LogP) is 35.3. The topological polar surface area (TPSA) is 130 Å². The predicted molar refractivity (Wildman–Crippen MR) is 573 cm³/mol. The molecule has 10 heterocycles. The molecule has 3 aliphatic rings. The first-order chi connectivity index (χ1) is 67.9. The smallest absolute Gasteiger partial charge is 0.231 e. The van der Waals surface area contributed by atoms with Crippen LogP contribution in [0.5, 0.6) is 0 Å². The molecule has 0 N–H and O–H groups in total. The lowest BCUT2D eigenvalue weighted by Crippen LogP contribution is -2.23. The van der Waals surface area contributed by atoms with Crippen molar-refractivity contribution in [3.8, 4) is 101 Å². The summed E-state index contributed by atoms with van der Waals surface area (Å²) < 4.78 is 31.6. The minimum absolute atomic E-state index is 0.0589. The lowest BCUT2D eigenvalue weighted by molar-refractivity contribution is 0.486. The lowest BCUT2D eigenvalue weighted by atomic mass is 9.73. The van der Waals surface area contributed by atoms with Gasteiger partial charge in [-0.2, -0.15) is 4.98 Å². The van der Waals surface area contributed by atoms with Gasteiger partial charge in [0.2, 0.25) is 5.71 Å². The summed E-state index contributed by atoms with van der Waals surface area (Å²) in [4.78, 5) is 33.4. The SMILES string of the molecule is CC1(c2ccccc2)c2ccccc2-c2ccc3c(oc4cc(-c5nc(-c6ccccc6)c6c(n5)oc5ccccc56)ccc43)c21.CCC1(C)c2ccccc2-c2ccc3c(oc4cc(-c5nc(-c6ccc7ccccc7c6)c6sc7ccccc7c6n5)ccc43)c21.CCC1(CC)c2ccccc2-c2ccc3c(oc4ccc(-c5nc(-c6cc7ccccc7s6)c6c(n5)sc5ccccc56)cc43)c21. The molecule has 10 aromatic heterocycles. The van der Waals surface area contributed by atoms with Gasteiger partial charge in [-0.25, -0.2) is 24.9 Å². The summed E-state index contributed by atoms with van der Waals surface area (Å²) in [7, 11) is 0. The van der Waals surface area contributed by atoms with Gasteiger partial charge >= 0.3 is 0 Å². The molecule has 10 nitrogen and oxygen atoms in total. The van der Waals surface area contributed by atoms with Crippen molar-refractivity contribution in [1.29, 1.82) is 0 Å². The summed E-state index contributed by atoms with van der Waals surface area (Å²) in [6.07, 6.45) is 3.05. The van der Waals surface area contributed by atoms with E-state index in [1.54, 1.807) is 34.0 Å². The zero-order valence-electron chi connectivity index (χ0n) is 75.9. The fraction of sp³-hybridized carbons (Fsp3) is 0.0880. The van der Waals surface area contributed by atoms with Crippen LogP contribution in [0.3, 0.4) is 0 Å². The summed E-state index contributed by atoms with van der Waals surface area (Å²) >= 11 is 5.30. The Morgan fingerprint density at radius 3 is 1.50 bits per heavy atom. The molecular formula is C125H82N6O4S3. The van der Waals surface area contributed by atoms with Crippen molar-refractivity contribution >= 4 is 183 Å². The zero-order valence-corrected chi connectivity index (χ0v) is 78.3. The molecule has 27 aromatic rings. The Bertz CT molecular complexity index is 9800. The first-order valence-corrected chi connectivity index (χ1v) is 49.9. The van der Waals surface area contributed by atoms with E-state index in [-0.39, 0.29) is 16.2 Å². The fourth-order valence-electron chi connectivity index (χ4n) is 23.3. The van der Waals surface area contributed by atoms with Crippen LogP contribution < -0.4 is 0 Å². The second-order valence-electron chi connectivity index (χ2n) is 37.2. The molecule has 0 saturated heterocycles. The Morgan fingerprint density at radius 2 is 0.783 bits per heavy atom. The molecule has 13 heteroatoms. The number of rotatable bonds is 10. The van der Waals surface area contributed by atoms with Gasteiger partial charge in [-0.05, 0) is 195 Å². The summed E-state index contributed by atoms with van der Waals surface area (Å²) in [5.41, 5.74) is 32.0. The van der Waals surface area contributed by atoms with Crippen molar-refractivity contribution in [2.45, 2.75) is 70.1 Å². The van der Waals surface area contributed by atoms with Crippen molar-refractivity contribution in [1.82, 2.24) is 29.9 Å². The first-order valence-electron chi connectivity index (χ1n) is 47.4. The zero-order chi connectivity index (χ0) is 91.5. The minimum Gasteiger partial charge on any atom is -0.456 e. The van der Waals surface area contributed by atoms with E-state index in [2.05, 4.69) is 368 Å². The van der Waals surface area contributed by atoms with Crippen LogP contribution in [-0.2, 0) is 16.2 Å². The average molecular weight is 1830 g/mol. The van der Waals surface area contributed by atoms with Crippen molar-refractivity contribution in [2.75, 3.05) is 0 Å². The van der Waals surface area contributed by atoms with Crippen molar-refractivity contribution < 1.29 is 17.7 Å². The van der Waals surface area contributed by atoms with Crippen molar-refractivity contribution in [2.24, 2.45) is 0 Å². The average Bonchev–Trinajstić information content (AvgIpc) is 1.55. The standard InChI is InChI=1S/C42H26N2O2.C42H28N2OS.C41H28N2OS2/c1-42(27-14-6-3-7-15-27)33-18-10-8-16-28(33)30-22-23-31-29-21-20-26(24-35(29)45-39(31)37(30)42)40-43-38(25-12-4-2-5-13-25)36-32-17-9-11-19-34(32)46-41(36)44-40;1-3-42(2)33-14-8-6-12-28(33)30-20-21-31-29-19-18-27(23-34(29)45-39(31)36(30)42)41-43-37(26-17-16-24-10-4-5-11-25(24)22-26)40-38(44-41)32-13-7-9-15-35(32)46-40;1-3-41(4-2)30-14-8-6-12-25(30)26-18-19-27-29-21-24(17-20-31(29)44-38(27)36(26)41)39-42-37(34-22-23-11-5-9-15-32(23)45-34)35-28-13-7-10-16-33(28)46-40(35)43-39/h2-24H,1H3;4-23H,3H2,1-2H3;5-22H,3-4H2,1-2H3. The van der Waals surface area contributed by atoms with E-state index in [1.165, 1.54) is 113 Å². The highest BCUT2D eigenvalue weighted by molar-refractivity contribution is 7.26. The highest BCUT2D eigenvalue weighted by atomic mass is 32.1. The van der Waals surface area contributed by atoms with Crippen molar-refractivity contribution in [3.63, 3.8) is 0 Å². The third kappa shape index (κ3) is 11.9. The monoisotopic (exact) mass is 1830 g/mol. The first kappa shape index (κ1) is 80.3. The molecule has 17 aromatic carbocycles. The highest BCUT2D eigenvalue weighted by Gasteiger charge is 2.46. The van der Waals surface area contributed by atoms with E-state index in [1.807, 2.05) is 36.4 Å². The molecule has 2 unspecified atom stereocenters. The summed E-state index contributed by atoms with van der Waals surface area (Å²) in [6.45, 7) is 11.6. The third-order valence-corrected chi connectivity index (χ3v) is 33.6. The number of benzene rings is 17. The maximum Gasteiger partial charge on any atom is 0.231 e. The van der Waals surface area contributed by atoms with Crippen LogP contribution in [0.1, 0.15) is 92.8 Å². The van der Waals surface area contributed by atoms with E-state index in [9.17, 15) is 0 Å². The Hall–Kier alpha value is -16.2. The molecule has 0 radical (unpaired) electrons. The number of para-hydroxylation sites is 1. The number of aromatic nitrogens is 6. The van der Waals surface area contributed by atoms with E-state index in [4.69, 9.17) is 47.6 Å². The lowest BCUT2D eigenvalue weighted by Gasteiger charge is -2.29. The molecule has 654 valence electrons. The largest absolute Gasteiger partial charge is 0.456 e. The number of hydrogen-bond acceptors (Lipinski definition) is 13. The van der Waals surface area contributed by atoms with Gasteiger partial charge in [-0.15, -0.1) is 34.0 Å². The van der Waals surface area contributed by atoms with E-state index >= 15 is 0 Å². The van der Waals surface area contributed by atoms with Gasteiger partial charge in [-0.1, -0.05) is 301 Å². The Labute approximate surface area is 804 Å². The van der Waals surface area contributed by atoms with Gasteiger partial charge in [0, 0.05) is 129 Å². The van der Waals surface area contributed by atoms with Crippen LogP contribution in [0.4, 0.5) is 0 Å². The molecule has 0 saturated carbocycles. The number of fused-ring (bicyclic) bond motifs is 32. The summed E-state index contributed by atoms with van der Waals surface area (Å²) in [6, 6.07) is 131. The molecule has 0 amide bonds. The Balaban J connectivity index is 0.000000102. The van der Waals surface area contributed by atoms with Crippen LogP contribution in [0.15, 0.2) is 388 Å². The van der Waals surface area contributed by atoms with Gasteiger partial charge in [0.25, 0.3) is 0 Å². The van der Waals surface area contributed by atoms with Gasteiger partial charge in [0.1, 0.15) is 43.9 Å². The van der Waals surface area contributed by atoms with E-state index in [0.29, 0.717) is 17.4 Å². The second kappa shape index (κ2) is 30.7. The van der Waals surface area contributed by atoms with Crippen LogP contribution in [0.2, 0.25) is 0 Å². The number of furan rings is 4. The molecule has 3 aliphatic carbocycles. The maximum atomic E-state index is 6.88. The summed E-state index contributed by atoms with van der Waals surface area (Å²) in [5.74, 6) is 2.05. The van der Waals surface area contributed by atoms with Crippen LogP contribution in [0.25, 0.3) is 250 Å². The van der Waals surface area contributed by atoms with Gasteiger partial charge in [0.15, 0.2) is 17.5 Å². The third-order valence-electron chi connectivity index (χ3n) is 30.2. The fourth-order valence-corrected chi connectivity index (χ4v) is 26.6. The highest BCUT2D eigenvalue weighted by Crippen LogP contribution is 2.60. The van der Waals surface area contributed by atoms with Crippen LogP contribution in [-0.4, -0.2) is 29.9 Å². The molecule has 2 atom stereocenters. The minimum atomic E-state index is -0.358. The maximum absolute atomic E-state index is 6.88. The van der Waals surface area contributed by atoms with Crippen molar-refractivity contribution in [3.05, 3.63) is 409 Å². The summed E-state index contributed by atoms with van der Waals surface area (Å²) in [5, 5.41) is 15.8. The number of thiophene rings is 3. The number of nitrogens with zero attached hydrogens (tertiary/aromatic N) is 6. The van der Waals surface area contributed by atoms with Gasteiger partial charge < -0.3 is 17.7 Å². The molecule has 0 spiro atoms. The molecule has 0 aliphatic heterocycles. The molecular weight excluding hydrogens is 1750 g/mol. The molecule has 30 rings (SSSR count). The second-order valence-corrected chi connectivity index (χ2v) is 40.4. The van der Waals surface area contributed by atoms with Crippen LogP contribution in [0, 0.1) is 0 Å². The Morgan fingerprint density at radius 1 is 0.275 bits per heavy atom. The van der Waals surface area contributed by atoms with E-state index < -0.39 is 0 Å². The normalized spacial score (nSPS) is 15.1. The molecule has 138 heavy (non-hydrogen) atoms. The van der Waals surface area contributed by atoms with Gasteiger partial charge in [-0.3, -0.25) is 0 Å². The molecule has 0 fully saturated rings.